The molecule has 1 fully saturated rings. The molecule has 1 aliphatic rings. The van der Waals surface area contributed by atoms with E-state index in [1.54, 1.807) is 7.11 Å². The highest BCUT2D eigenvalue weighted by molar-refractivity contribution is 5.42. The van der Waals surface area contributed by atoms with Crippen LogP contribution >= 0.6 is 0 Å². The van der Waals surface area contributed by atoms with Crippen LogP contribution in [-0.4, -0.2) is 20.3 Å². The minimum Gasteiger partial charge on any atom is -0.496 e. The van der Waals surface area contributed by atoms with E-state index in [4.69, 9.17) is 14.2 Å². The van der Waals surface area contributed by atoms with Crippen molar-refractivity contribution in [2.75, 3.05) is 20.3 Å². The summed E-state index contributed by atoms with van der Waals surface area (Å²) >= 11 is 0. The summed E-state index contributed by atoms with van der Waals surface area (Å²) in [5, 5.41) is 0. The van der Waals surface area contributed by atoms with Crippen molar-refractivity contribution < 1.29 is 14.2 Å². The molecule has 2 rings (SSSR count). The summed E-state index contributed by atoms with van der Waals surface area (Å²) in [5.41, 5.74) is 2.31. The molecular formula is C15H22O3. The van der Waals surface area contributed by atoms with E-state index in [9.17, 15) is 0 Å². The normalized spacial score (nSPS) is 18.9. The lowest BCUT2D eigenvalue weighted by Gasteiger charge is -2.28. The van der Waals surface area contributed by atoms with Crippen LogP contribution in [0.15, 0.2) is 18.2 Å². The highest BCUT2D eigenvalue weighted by Gasteiger charge is 2.36. The molecule has 0 atom stereocenters. The molecule has 1 heterocycles. The second-order valence-electron chi connectivity index (χ2n) is 5.81. The van der Waals surface area contributed by atoms with Crippen LogP contribution in [0.1, 0.15) is 38.8 Å². The predicted molar refractivity (Wildman–Crippen MR) is 71.0 cm³/mol. The summed E-state index contributed by atoms with van der Waals surface area (Å²) in [4.78, 5) is 0. The Morgan fingerprint density at radius 1 is 1.17 bits per heavy atom. The maximum Gasteiger partial charge on any atom is 0.195 e. The minimum atomic E-state index is -0.688. The Morgan fingerprint density at radius 2 is 1.78 bits per heavy atom. The highest BCUT2D eigenvalue weighted by atomic mass is 16.7. The Balaban J connectivity index is 2.49. The topological polar surface area (TPSA) is 27.7 Å². The first-order chi connectivity index (χ1) is 8.37. The summed E-state index contributed by atoms with van der Waals surface area (Å²) in [7, 11) is 1.67. The summed E-state index contributed by atoms with van der Waals surface area (Å²) in [5.74, 6) is 0.125. The van der Waals surface area contributed by atoms with Crippen LogP contribution in [0.5, 0.6) is 5.75 Å². The second kappa shape index (κ2) is 4.56. The summed E-state index contributed by atoms with van der Waals surface area (Å²) in [6.45, 7) is 9.77. The zero-order chi connectivity index (χ0) is 13.4. The molecule has 0 saturated carbocycles. The first-order valence-electron chi connectivity index (χ1n) is 6.34. The number of hydrogen-bond acceptors (Lipinski definition) is 3. The Morgan fingerprint density at radius 3 is 2.28 bits per heavy atom. The zero-order valence-electron chi connectivity index (χ0n) is 11.9. The summed E-state index contributed by atoms with van der Waals surface area (Å²) in [6.07, 6.45) is 0. The van der Waals surface area contributed by atoms with Crippen LogP contribution in [0.25, 0.3) is 0 Å². The van der Waals surface area contributed by atoms with Crippen LogP contribution < -0.4 is 4.74 Å². The lowest BCUT2D eigenvalue weighted by Crippen LogP contribution is -2.24. The van der Waals surface area contributed by atoms with Gasteiger partial charge in [0.2, 0.25) is 0 Å². The van der Waals surface area contributed by atoms with Gasteiger partial charge in [0.1, 0.15) is 5.75 Å². The predicted octanol–water partition coefficient (Wildman–Crippen LogP) is 3.21. The third-order valence-electron chi connectivity index (χ3n) is 3.39. The molecule has 0 unspecified atom stereocenters. The number of methoxy groups -OCH3 is 1. The van der Waals surface area contributed by atoms with Gasteiger partial charge in [0, 0.05) is 0 Å². The first-order valence-corrected chi connectivity index (χ1v) is 6.34. The fourth-order valence-corrected chi connectivity index (χ4v) is 2.20. The van der Waals surface area contributed by atoms with Crippen LogP contribution in [0.2, 0.25) is 0 Å². The molecule has 1 saturated heterocycles. The van der Waals surface area contributed by atoms with E-state index in [-0.39, 0.29) is 5.41 Å². The maximum atomic E-state index is 5.73. The summed E-state index contributed by atoms with van der Waals surface area (Å²) in [6, 6.07) is 6.22. The lowest BCUT2D eigenvalue weighted by molar-refractivity contribution is -0.150. The van der Waals surface area contributed by atoms with Gasteiger partial charge in [-0.15, -0.1) is 0 Å². The van der Waals surface area contributed by atoms with E-state index in [0.29, 0.717) is 13.2 Å². The fourth-order valence-electron chi connectivity index (χ4n) is 2.20. The van der Waals surface area contributed by atoms with Gasteiger partial charge < -0.3 is 14.2 Å². The molecule has 3 nitrogen and oxygen atoms in total. The second-order valence-corrected chi connectivity index (χ2v) is 5.81. The van der Waals surface area contributed by atoms with Gasteiger partial charge in [0.25, 0.3) is 0 Å². The molecule has 1 aliphatic heterocycles. The van der Waals surface area contributed by atoms with Crippen molar-refractivity contribution in [1.29, 1.82) is 0 Å². The lowest BCUT2D eigenvalue weighted by atomic mass is 9.85. The average molecular weight is 250 g/mol. The zero-order valence-corrected chi connectivity index (χ0v) is 11.9. The van der Waals surface area contributed by atoms with Crippen molar-refractivity contribution >= 4 is 0 Å². The van der Waals surface area contributed by atoms with Gasteiger partial charge in [-0.3, -0.25) is 0 Å². The molecule has 1 aromatic carbocycles. The Kier molecular flexibility index (Phi) is 3.39. The van der Waals surface area contributed by atoms with Gasteiger partial charge in [-0.1, -0.05) is 26.8 Å². The minimum absolute atomic E-state index is 0.0932. The van der Waals surface area contributed by atoms with Gasteiger partial charge in [-0.2, -0.15) is 0 Å². The Hall–Kier alpha value is -1.06. The quantitative estimate of drug-likeness (QED) is 0.806. The van der Waals surface area contributed by atoms with Crippen LogP contribution in [0, 0.1) is 0 Å². The van der Waals surface area contributed by atoms with Crippen molar-refractivity contribution in [3.63, 3.8) is 0 Å². The number of rotatable bonds is 2. The smallest absolute Gasteiger partial charge is 0.195 e. The molecule has 1 aromatic rings. The molecule has 0 radical (unpaired) electrons. The van der Waals surface area contributed by atoms with Crippen molar-refractivity contribution in [3.05, 3.63) is 29.3 Å². The number of benzene rings is 1. The molecule has 0 aromatic heterocycles. The molecular weight excluding hydrogens is 228 g/mol. The molecule has 0 N–H and O–H groups in total. The van der Waals surface area contributed by atoms with Crippen molar-refractivity contribution in [1.82, 2.24) is 0 Å². The Labute approximate surface area is 109 Å². The largest absolute Gasteiger partial charge is 0.496 e. The van der Waals surface area contributed by atoms with E-state index in [2.05, 4.69) is 32.9 Å². The van der Waals surface area contributed by atoms with Crippen LogP contribution in [0.3, 0.4) is 0 Å². The number of ether oxygens (including phenoxy) is 3. The van der Waals surface area contributed by atoms with Gasteiger partial charge in [0.15, 0.2) is 5.79 Å². The summed E-state index contributed by atoms with van der Waals surface area (Å²) < 4.78 is 16.9. The maximum absolute atomic E-state index is 5.73. The average Bonchev–Trinajstić information content (AvgIpc) is 2.75. The van der Waals surface area contributed by atoms with Crippen LogP contribution in [-0.2, 0) is 20.7 Å². The third-order valence-corrected chi connectivity index (χ3v) is 3.39. The monoisotopic (exact) mass is 250 g/mol. The van der Waals surface area contributed by atoms with Gasteiger partial charge >= 0.3 is 0 Å². The molecule has 3 heteroatoms. The first kappa shape index (κ1) is 13.4. The van der Waals surface area contributed by atoms with Crippen molar-refractivity contribution in [2.24, 2.45) is 0 Å². The SMILES string of the molecule is COc1ccc(C(C)(C)C)cc1C1(C)OCCO1. The highest BCUT2D eigenvalue weighted by Crippen LogP contribution is 2.39. The van der Waals surface area contributed by atoms with E-state index in [1.807, 2.05) is 13.0 Å². The Bertz CT molecular complexity index is 426. The van der Waals surface area contributed by atoms with Crippen molar-refractivity contribution in [2.45, 2.75) is 38.9 Å². The molecule has 0 spiro atoms. The molecule has 0 aliphatic carbocycles. The van der Waals surface area contributed by atoms with Gasteiger partial charge in [-0.05, 0) is 30.0 Å². The molecule has 18 heavy (non-hydrogen) atoms. The van der Waals surface area contributed by atoms with E-state index < -0.39 is 5.79 Å². The van der Waals surface area contributed by atoms with Gasteiger partial charge in [0.05, 0.1) is 25.9 Å². The van der Waals surface area contributed by atoms with E-state index in [1.165, 1.54) is 5.56 Å². The van der Waals surface area contributed by atoms with Gasteiger partial charge in [-0.25, -0.2) is 0 Å². The fraction of sp³-hybridized carbons (Fsp3) is 0.600. The van der Waals surface area contributed by atoms with E-state index >= 15 is 0 Å². The third kappa shape index (κ3) is 2.38. The molecule has 0 amide bonds. The van der Waals surface area contributed by atoms with Crippen LogP contribution in [0.4, 0.5) is 0 Å². The molecule has 0 bridgehead atoms. The van der Waals surface area contributed by atoms with Crippen molar-refractivity contribution in [3.8, 4) is 5.75 Å². The standard InChI is InChI=1S/C15H22O3/c1-14(2,3)11-6-7-13(16-5)12(10-11)15(4)17-8-9-18-15/h6-7,10H,8-9H2,1-5H3. The van der Waals surface area contributed by atoms with E-state index in [0.717, 1.165) is 11.3 Å². The number of hydrogen-bond donors (Lipinski definition) is 0. The molecule has 100 valence electrons.